The van der Waals surface area contributed by atoms with E-state index < -0.39 is 0 Å². The largest absolute Gasteiger partial charge is 0.441 e. The van der Waals surface area contributed by atoms with E-state index in [1.54, 1.807) is 0 Å². The number of fused-ring (bicyclic) bond motifs is 3. The zero-order valence-electron chi connectivity index (χ0n) is 27.1. The summed E-state index contributed by atoms with van der Waals surface area (Å²) < 4.78 is 5.95. The van der Waals surface area contributed by atoms with Crippen molar-refractivity contribution in [2.75, 3.05) is 0 Å². The molecule has 1 aliphatic heterocycles. The van der Waals surface area contributed by atoms with Crippen molar-refractivity contribution in [1.29, 1.82) is 0 Å². The van der Waals surface area contributed by atoms with Gasteiger partial charge >= 0.3 is 0 Å². The molecule has 8 aromatic rings. The summed E-state index contributed by atoms with van der Waals surface area (Å²) in [6.45, 7) is 1.89. The monoisotopic (exact) mass is 628 g/mol. The van der Waals surface area contributed by atoms with Crippen molar-refractivity contribution in [2.45, 2.75) is 13.3 Å². The fourth-order valence-corrected chi connectivity index (χ4v) is 7.24. The van der Waals surface area contributed by atoms with Gasteiger partial charge in [-0.3, -0.25) is 0 Å². The lowest BCUT2D eigenvalue weighted by molar-refractivity contribution is 0.561. The van der Waals surface area contributed by atoms with Crippen LogP contribution in [0.1, 0.15) is 28.1 Å². The zero-order valence-corrected chi connectivity index (χ0v) is 27.1. The molecule has 0 amide bonds. The van der Waals surface area contributed by atoms with Crippen molar-refractivity contribution in [3.63, 3.8) is 0 Å². The fraction of sp³-hybridized carbons (Fsp3) is 0.0435. The molecule has 1 aliphatic rings. The van der Waals surface area contributed by atoms with Crippen molar-refractivity contribution >= 4 is 33.3 Å². The Labute approximate surface area is 285 Å². The molecule has 1 aromatic heterocycles. The molecule has 0 fully saturated rings. The van der Waals surface area contributed by atoms with E-state index in [1.165, 1.54) is 33.0 Å². The third-order valence-electron chi connectivity index (χ3n) is 9.49. The van der Waals surface area contributed by atoms with E-state index in [2.05, 4.69) is 163 Å². The van der Waals surface area contributed by atoms with Crippen molar-refractivity contribution in [2.24, 2.45) is 4.99 Å². The molecule has 0 N–H and O–H groups in total. The third kappa shape index (κ3) is 5.17. The molecule has 0 saturated carbocycles. The van der Waals surface area contributed by atoms with Crippen LogP contribution in [0.3, 0.4) is 0 Å². The van der Waals surface area contributed by atoms with Gasteiger partial charge in [0.2, 0.25) is 0 Å². The average Bonchev–Trinajstić information content (AvgIpc) is 3.43. The first kappa shape index (κ1) is 28.9. The lowest BCUT2D eigenvalue weighted by atomic mass is 9.84. The van der Waals surface area contributed by atoms with E-state index in [1.807, 2.05) is 13.0 Å². The Hall–Kier alpha value is -6.32. The lowest BCUT2D eigenvalue weighted by Crippen LogP contribution is -2.05. The van der Waals surface area contributed by atoms with E-state index in [4.69, 9.17) is 9.41 Å². The molecule has 9 rings (SSSR count). The smallest absolute Gasteiger partial charge is 0.192 e. The molecule has 0 spiro atoms. The van der Waals surface area contributed by atoms with Gasteiger partial charge in [-0.15, -0.1) is 0 Å². The molecule has 3 heteroatoms. The van der Waals surface area contributed by atoms with E-state index in [0.717, 1.165) is 62.3 Å². The maximum atomic E-state index is 5.95. The Morgan fingerprint density at radius 1 is 0.531 bits per heavy atom. The van der Waals surface area contributed by atoms with Gasteiger partial charge in [0.15, 0.2) is 11.5 Å². The van der Waals surface area contributed by atoms with Crippen LogP contribution >= 0.6 is 0 Å². The first-order valence-corrected chi connectivity index (χ1v) is 16.7. The number of aliphatic imine (C=N–C) groups is 1. The number of hydrogen-bond donors (Lipinski definition) is 0. The topological polar surface area (TPSA) is 38.4 Å². The standard InChI is InChI=1S/C46H32N2O/c1-30-47-43-28-25-34(29-44(43)49-30)35-17-9-10-20-38(35)41-26-23-31-13-5-7-18-36(31)45(41)40-22-12-11-21-39(40)42-27-24-32-14-6-8-19-37(32)46(48-42)33-15-3-2-4-16-33/h2-23,25-29H,24H2,1H3. The number of aryl methyl sites for hydroxylation is 1. The maximum absolute atomic E-state index is 5.95. The van der Waals surface area contributed by atoms with Crippen molar-refractivity contribution in [1.82, 2.24) is 4.98 Å². The van der Waals surface area contributed by atoms with Crippen molar-refractivity contribution < 1.29 is 4.42 Å². The lowest BCUT2D eigenvalue weighted by Gasteiger charge is -2.20. The van der Waals surface area contributed by atoms with Gasteiger partial charge in [-0.1, -0.05) is 152 Å². The van der Waals surface area contributed by atoms with Gasteiger partial charge in [0.25, 0.3) is 0 Å². The van der Waals surface area contributed by atoms with E-state index in [0.29, 0.717) is 5.89 Å². The predicted octanol–water partition coefficient (Wildman–Crippen LogP) is 11.7. The second-order valence-corrected chi connectivity index (χ2v) is 12.5. The van der Waals surface area contributed by atoms with Gasteiger partial charge in [-0.25, -0.2) is 9.98 Å². The third-order valence-corrected chi connectivity index (χ3v) is 9.49. The minimum Gasteiger partial charge on any atom is -0.441 e. The van der Waals surface area contributed by atoms with Gasteiger partial charge in [0, 0.05) is 23.6 Å². The summed E-state index contributed by atoms with van der Waals surface area (Å²) >= 11 is 0. The normalized spacial score (nSPS) is 12.8. The summed E-state index contributed by atoms with van der Waals surface area (Å²) in [6, 6.07) is 56.1. The van der Waals surface area contributed by atoms with Crippen LogP contribution in [0.25, 0.3) is 60.9 Å². The second-order valence-electron chi connectivity index (χ2n) is 12.5. The summed E-state index contributed by atoms with van der Waals surface area (Å²) in [5.41, 5.74) is 15.2. The second kappa shape index (κ2) is 12.0. The van der Waals surface area contributed by atoms with E-state index in [9.17, 15) is 0 Å². The Morgan fingerprint density at radius 3 is 2.08 bits per heavy atom. The molecular weight excluding hydrogens is 597 g/mol. The van der Waals surface area contributed by atoms with Gasteiger partial charge in [-0.05, 0) is 68.3 Å². The predicted molar refractivity (Wildman–Crippen MR) is 203 cm³/mol. The first-order chi connectivity index (χ1) is 24.2. The Bertz CT molecular complexity index is 2590. The van der Waals surface area contributed by atoms with Crippen LogP contribution in [0.2, 0.25) is 0 Å². The molecule has 3 nitrogen and oxygen atoms in total. The number of nitrogens with zero attached hydrogens (tertiary/aromatic N) is 2. The molecule has 0 saturated heterocycles. The van der Waals surface area contributed by atoms with E-state index >= 15 is 0 Å². The zero-order chi connectivity index (χ0) is 32.7. The number of oxazole rings is 1. The van der Waals surface area contributed by atoms with Crippen LogP contribution in [0.15, 0.2) is 173 Å². The van der Waals surface area contributed by atoms with Crippen LogP contribution in [-0.4, -0.2) is 10.7 Å². The molecule has 0 bridgehead atoms. The molecule has 0 aliphatic carbocycles. The van der Waals surface area contributed by atoms with Crippen LogP contribution in [0.4, 0.5) is 0 Å². The Balaban J connectivity index is 1.28. The van der Waals surface area contributed by atoms with Gasteiger partial charge in [0.1, 0.15) is 5.52 Å². The summed E-state index contributed by atoms with van der Waals surface area (Å²) in [7, 11) is 0. The van der Waals surface area contributed by atoms with Crippen LogP contribution in [-0.2, 0) is 6.42 Å². The first-order valence-electron chi connectivity index (χ1n) is 16.7. The molecular formula is C46H32N2O. The SMILES string of the molecule is Cc1nc2ccc(-c3ccccc3-c3ccc4ccccc4c3-c3ccccc3C3=CCc4ccccc4C(c4ccccc4)=N3)cc2o1. The summed E-state index contributed by atoms with van der Waals surface area (Å²) in [5, 5.41) is 2.40. The minimum atomic E-state index is 0.669. The highest BCUT2D eigenvalue weighted by atomic mass is 16.3. The Morgan fingerprint density at radius 2 is 1.22 bits per heavy atom. The number of benzene rings is 7. The molecule has 0 radical (unpaired) electrons. The minimum absolute atomic E-state index is 0.669. The van der Waals surface area contributed by atoms with Crippen molar-refractivity contribution in [3.05, 3.63) is 192 Å². The van der Waals surface area contributed by atoms with Gasteiger partial charge in [0.05, 0.1) is 11.4 Å². The summed E-state index contributed by atoms with van der Waals surface area (Å²) in [4.78, 5) is 10.0. The van der Waals surface area contributed by atoms with E-state index in [-0.39, 0.29) is 0 Å². The molecule has 232 valence electrons. The Kier molecular flexibility index (Phi) is 7.09. The molecule has 7 aromatic carbocycles. The average molecular weight is 629 g/mol. The van der Waals surface area contributed by atoms with Crippen LogP contribution in [0.5, 0.6) is 0 Å². The van der Waals surface area contributed by atoms with Crippen molar-refractivity contribution in [3.8, 4) is 33.4 Å². The quantitative estimate of drug-likeness (QED) is 0.190. The number of aromatic nitrogens is 1. The van der Waals surface area contributed by atoms with Gasteiger partial charge < -0.3 is 4.42 Å². The van der Waals surface area contributed by atoms with Gasteiger partial charge in [-0.2, -0.15) is 0 Å². The summed E-state index contributed by atoms with van der Waals surface area (Å²) in [5.74, 6) is 0.669. The highest BCUT2D eigenvalue weighted by Crippen LogP contribution is 2.45. The number of hydrogen-bond acceptors (Lipinski definition) is 3. The highest BCUT2D eigenvalue weighted by Gasteiger charge is 2.22. The molecule has 2 heterocycles. The number of rotatable bonds is 5. The number of allylic oxidation sites excluding steroid dienone is 1. The fourth-order valence-electron chi connectivity index (χ4n) is 7.24. The van der Waals surface area contributed by atoms with Crippen LogP contribution in [0, 0.1) is 6.92 Å². The molecule has 0 atom stereocenters. The highest BCUT2D eigenvalue weighted by molar-refractivity contribution is 6.17. The maximum Gasteiger partial charge on any atom is 0.192 e. The summed E-state index contributed by atoms with van der Waals surface area (Å²) in [6.07, 6.45) is 3.09. The molecule has 49 heavy (non-hydrogen) atoms. The molecule has 0 unspecified atom stereocenters. The van der Waals surface area contributed by atoms with Crippen LogP contribution < -0.4 is 0 Å².